The minimum absolute atomic E-state index is 0.261. The van der Waals surface area contributed by atoms with E-state index in [1.807, 2.05) is 4.90 Å². The second kappa shape index (κ2) is 8.50. The zero-order valence-corrected chi connectivity index (χ0v) is 17.3. The van der Waals surface area contributed by atoms with Gasteiger partial charge in [-0.3, -0.25) is 9.67 Å². The number of anilines is 1. The average molecular weight is 444 g/mol. The standard InChI is InChI=1S/C21H22F2N6O3/c1-28-10-19(26-27-28)21(25-20(31)32)5-2-6-29(12-21)18-9-24-17(8-14(18)11-30)13-3-4-15(22)16(23)7-13/h3-4,7-10,25,30H,2,5-6,11-12H2,1H3,(H,31,32). The number of halogens is 2. The van der Waals surface area contributed by atoms with Crippen molar-refractivity contribution in [1.29, 1.82) is 0 Å². The van der Waals surface area contributed by atoms with Gasteiger partial charge in [0.25, 0.3) is 0 Å². The number of aryl methyl sites for hydroxylation is 1. The number of aliphatic hydroxyl groups is 1. The Bertz CT molecular complexity index is 1150. The third-order valence-electron chi connectivity index (χ3n) is 5.62. The fraction of sp³-hybridized carbons (Fsp3) is 0.333. The summed E-state index contributed by atoms with van der Waals surface area (Å²) < 4.78 is 28.4. The van der Waals surface area contributed by atoms with E-state index < -0.39 is 23.3 Å². The first-order chi connectivity index (χ1) is 15.3. The van der Waals surface area contributed by atoms with Crippen molar-refractivity contribution < 1.29 is 23.8 Å². The van der Waals surface area contributed by atoms with Crippen LogP contribution in [-0.4, -0.2) is 49.4 Å². The van der Waals surface area contributed by atoms with Crippen molar-refractivity contribution >= 4 is 11.8 Å². The Morgan fingerprint density at radius 3 is 2.75 bits per heavy atom. The molecule has 1 aliphatic rings. The maximum atomic E-state index is 13.6. The first-order valence-electron chi connectivity index (χ1n) is 9.99. The number of aliphatic hydroxyl groups excluding tert-OH is 1. The third-order valence-corrected chi connectivity index (χ3v) is 5.62. The SMILES string of the molecule is Cn1cc(C2(NC(=O)O)CCCN(c3cnc(-c4ccc(F)c(F)c4)cc3CO)C2)nn1. The van der Waals surface area contributed by atoms with E-state index in [2.05, 4.69) is 20.6 Å². The van der Waals surface area contributed by atoms with Crippen LogP contribution in [0.25, 0.3) is 11.3 Å². The normalized spacial score (nSPS) is 18.6. The molecule has 9 nitrogen and oxygen atoms in total. The molecule has 1 saturated heterocycles. The van der Waals surface area contributed by atoms with E-state index in [9.17, 15) is 23.8 Å². The highest BCUT2D eigenvalue weighted by molar-refractivity contribution is 5.67. The van der Waals surface area contributed by atoms with Gasteiger partial charge in [0, 0.05) is 31.3 Å². The largest absolute Gasteiger partial charge is 0.465 e. The molecule has 1 amide bonds. The summed E-state index contributed by atoms with van der Waals surface area (Å²) in [5.41, 5.74) is 1.44. The number of aromatic nitrogens is 4. The van der Waals surface area contributed by atoms with Crippen LogP contribution in [0.3, 0.4) is 0 Å². The molecule has 1 atom stereocenters. The maximum Gasteiger partial charge on any atom is 0.405 e. The van der Waals surface area contributed by atoms with Crippen molar-refractivity contribution in [2.24, 2.45) is 7.05 Å². The van der Waals surface area contributed by atoms with Crippen molar-refractivity contribution in [3.05, 3.63) is 59.6 Å². The fourth-order valence-electron chi connectivity index (χ4n) is 4.12. The van der Waals surface area contributed by atoms with Gasteiger partial charge in [-0.15, -0.1) is 5.10 Å². The van der Waals surface area contributed by atoms with E-state index in [4.69, 9.17) is 0 Å². The van der Waals surface area contributed by atoms with Crippen LogP contribution in [0.4, 0.5) is 19.3 Å². The highest BCUT2D eigenvalue weighted by Crippen LogP contribution is 2.35. The lowest BCUT2D eigenvalue weighted by atomic mass is 9.85. The summed E-state index contributed by atoms with van der Waals surface area (Å²) in [7, 11) is 1.70. The predicted octanol–water partition coefficient (Wildman–Crippen LogP) is 2.41. The zero-order valence-electron chi connectivity index (χ0n) is 17.3. The second-order valence-electron chi connectivity index (χ2n) is 7.80. The van der Waals surface area contributed by atoms with Crippen molar-refractivity contribution in [3.8, 4) is 11.3 Å². The molecule has 1 unspecified atom stereocenters. The van der Waals surface area contributed by atoms with Gasteiger partial charge in [-0.2, -0.15) is 0 Å². The maximum absolute atomic E-state index is 13.6. The van der Waals surface area contributed by atoms with Gasteiger partial charge < -0.3 is 20.4 Å². The molecule has 1 aromatic carbocycles. The topological polar surface area (TPSA) is 116 Å². The Morgan fingerprint density at radius 1 is 1.28 bits per heavy atom. The first kappa shape index (κ1) is 21.6. The van der Waals surface area contributed by atoms with E-state index in [0.717, 1.165) is 12.1 Å². The summed E-state index contributed by atoms with van der Waals surface area (Å²) in [6, 6.07) is 5.11. The fourth-order valence-corrected chi connectivity index (χ4v) is 4.12. The van der Waals surface area contributed by atoms with Crippen LogP contribution in [0.1, 0.15) is 24.1 Å². The van der Waals surface area contributed by atoms with Crippen LogP contribution in [0.5, 0.6) is 0 Å². The summed E-state index contributed by atoms with van der Waals surface area (Å²) >= 11 is 0. The summed E-state index contributed by atoms with van der Waals surface area (Å²) in [5, 5.41) is 30.1. The molecule has 32 heavy (non-hydrogen) atoms. The monoisotopic (exact) mass is 444 g/mol. The van der Waals surface area contributed by atoms with Gasteiger partial charge in [0.05, 0.1) is 30.4 Å². The van der Waals surface area contributed by atoms with Crippen molar-refractivity contribution in [2.75, 3.05) is 18.0 Å². The van der Waals surface area contributed by atoms with Crippen LogP contribution in [-0.2, 0) is 19.2 Å². The Hall–Kier alpha value is -3.60. The molecular formula is C21H22F2N6O3. The highest BCUT2D eigenvalue weighted by atomic mass is 19.2. The van der Waals surface area contributed by atoms with E-state index >= 15 is 0 Å². The van der Waals surface area contributed by atoms with Gasteiger partial charge in [0.15, 0.2) is 11.6 Å². The van der Waals surface area contributed by atoms with E-state index in [1.54, 1.807) is 25.5 Å². The van der Waals surface area contributed by atoms with Gasteiger partial charge in [0.2, 0.25) is 0 Å². The number of carboxylic acid groups (broad SMARTS) is 1. The molecule has 2 aromatic heterocycles. The average Bonchev–Trinajstić information content (AvgIpc) is 3.22. The molecular weight excluding hydrogens is 422 g/mol. The summed E-state index contributed by atoms with van der Waals surface area (Å²) in [4.78, 5) is 17.9. The van der Waals surface area contributed by atoms with Gasteiger partial charge in [-0.1, -0.05) is 5.21 Å². The molecule has 4 rings (SSSR count). The second-order valence-corrected chi connectivity index (χ2v) is 7.80. The number of hydrogen-bond acceptors (Lipinski definition) is 6. The van der Waals surface area contributed by atoms with Crippen LogP contribution in [0.15, 0.2) is 36.7 Å². The van der Waals surface area contributed by atoms with Gasteiger partial charge in [0.1, 0.15) is 11.2 Å². The lowest BCUT2D eigenvalue weighted by Crippen LogP contribution is -2.56. The summed E-state index contributed by atoms with van der Waals surface area (Å²) in [6.45, 7) is 0.565. The molecule has 11 heteroatoms. The highest BCUT2D eigenvalue weighted by Gasteiger charge is 2.41. The van der Waals surface area contributed by atoms with E-state index in [1.165, 1.54) is 10.7 Å². The summed E-state index contributed by atoms with van der Waals surface area (Å²) in [5.74, 6) is -1.93. The number of amides is 1. The molecule has 0 spiro atoms. The van der Waals surface area contributed by atoms with Crippen LogP contribution < -0.4 is 10.2 Å². The third kappa shape index (κ3) is 4.11. The number of piperidine rings is 1. The predicted molar refractivity (Wildman–Crippen MR) is 111 cm³/mol. The molecule has 3 aromatic rings. The Labute approximate surface area is 182 Å². The van der Waals surface area contributed by atoms with Crippen LogP contribution in [0.2, 0.25) is 0 Å². The van der Waals surface area contributed by atoms with Crippen molar-refractivity contribution in [1.82, 2.24) is 25.3 Å². The number of rotatable bonds is 5. The van der Waals surface area contributed by atoms with Crippen molar-refractivity contribution in [3.63, 3.8) is 0 Å². The number of pyridine rings is 1. The van der Waals surface area contributed by atoms with Crippen molar-refractivity contribution in [2.45, 2.75) is 25.0 Å². The van der Waals surface area contributed by atoms with Gasteiger partial charge in [-0.05, 0) is 37.1 Å². The number of nitrogens with zero attached hydrogens (tertiary/aromatic N) is 5. The number of nitrogens with one attached hydrogen (secondary N) is 1. The molecule has 1 fully saturated rings. The smallest absolute Gasteiger partial charge is 0.405 e. The lowest BCUT2D eigenvalue weighted by molar-refractivity contribution is 0.169. The van der Waals surface area contributed by atoms with E-state index in [-0.39, 0.29) is 13.2 Å². The Morgan fingerprint density at radius 2 is 2.09 bits per heavy atom. The molecule has 0 bridgehead atoms. The Balaban J connectivity index is 1.69. The lowest BCUT2D eigenvalue weighted by Gasteiger charge is -2.42. The zero-order chi connectivity index (χ0) is 22.9. The first-order valence-corrected chi connectivity index (χ1v) is 9.99. The summed E-state index contributed by atoms with van der Waals surface area (Å²) in [6.07, 6.45) is 3.24. The molecule has 0 radical (unpaired) electrons. The number of benzene rings is 1. The molecule has 3 N–H and O–H groups in total. The van der Waals surface area contributed by atoms with Gasteiger partial charge in [-0.25, -0.2) is 13.6 Å². The minimum atomic E-state index is -1.17. The number of hydrogen-bond donors (Lipinski definition) is 3. The molecule has 0 aliphatic carbocycles. The van der Waals surface area contributed by atoms with Crippen LogP contribution >= 0.6 is 0 Å². The Kier molecular flexibility index (Phi) is 5.74. The quantitative estimate of drug-likeness (QED) is 0.553. The molecule has 0 saturated carbocycles. The minimum Gasteiger partial charge on any atom is -0.465 e. The molecule has 3 heterocycles. The van der Waals surface area contributed by atoms with Gasteiger partial charge >= 0.3 is 6.09 Å². The van der Waals surface area contributed by atoms with Crippen LogP contribution in [0, 0.1) is 11.6 Å². The molecule has 1 aliphatic heterocycles. The number of carbonyl (C=O) groups is 1. The molecule has 168 valence electrons. The van der Waals surface area contributed by atoms with E-state index in [0.29, 0.717) is 47.6 Å².